The van der Waals surface area contributed by atoms with Crippen LogP contribution in [-0.2, 0) is 4.74 Å². The fourth-order valence-electron chi connectivity index (χ4n) is 1.61. The second-order valence-electron chi connectivity index (χ2n) is 4.21. The van der Waals surface area contributed by atoms with Gasteiger partial charge in [0.15, 0.2) is 0 Å². The average molecular weight is 286 g/mol. The second kappa shape index (κ2) is 6.29. The Morgan fingerprint density at radius 3 is 2.65 bits per heavy atom. The van der Waals surface area contributed by atoms with Gasteiger partial charge in [0.1, 0.15) is 11.5 Å². The number of halogens is 1. The van der Waals surface area contributed by atoms with Gasteiger partial charge in [0, 0.05) is 13.1 Å². The van der Waals surface area contributed by atoms with Crippen LogP contribution in [0.15, 0.2) is 12.1 Å². The van der Waals surface area contributed by atoms with Crippen molar-refractivity contribution in [3.05, 3.63) is 33.6 Å². The van der Waals surface area contributed by atoms with Crippen molar-refractivity contribution >= 4 is 17.3 Å². The number of aliphatic hydroxyl groups is 1. The summed E-state index contributed by atoms with van der Waals surface area (Å²) in [6.45, 7) is 1.38. The van der Waals surface area contributed by atoms with Gasteiger partial charge in [-0.15, -0.1) is 0 Å². The maximum Gasteiger partial charge on any atom is 0.340 e. The lowest BCUT2D eigenvalue weighted by molar-refractivity contribution is -0.384. The van der Waals surface area contributed by atoms with Gasteiger partial charge in [0.2, 0.25) is 0 Å². The molecule has 1 aromatic rings. The SMILES string of the molecule is COC(=O)c1cc(N(C)C(C)CO)c([N+](=O)[O-])cc1F. The third kappa shape index (κ3) is 3.02. The summed E-state index contributed by atoms with van der Waals surface area (Å²) in [5.41, 5.74) is -0.860. The molecule has 0 amide bonds. The fraction of sp³-hybridized carbons (Fsp3) is 0.417. The van der Waals surface area contributed by atoms with E-state index in [2.05, 4.69) is 4.74 Å². The van der Waals surface area contributed by atoms with Crippen molar-refractivity contribution in [2.75, 3.05) is 25.7 Å². The van der Waals surface area contributed by atoms with Gasteiger partial charge in [-0.3, -0.25) is 10.1 Å². The van der Waals surface area contributed by atoms with E-state index in [0.717, 1.165) is 13.2 Å². The van der Waals surface area contributed by atoms with Crippen molar-refractivity contribution in [2.45, 2.75) is 13.0 Å². The number of rotatable bonds is 5. The molecule has 0 radical (unpaired) electrons. The molecule has 0 spiro atoms. The van der Waals surface area contributed by atoms with Crippen molar-refractivity contribution in [3.63, 3.8) is 0 Å². The van der Waals surface area contributed by atoms with E-state index < -0.39 is 34.0 Å². The normalized spacial score (nSPS) is 11.8. The molecular formula is C12H15FN2O5. The standard InChI is InChI=1S/C12H15FN2O5/c1-7(6-16)14(2)10-4-8(12(17)20-3)9(13)5-11(10)15(18)19/h4-5,7,16H,6H2,1-3H3. The maximum atomic E-state index is 13.7. The highest BCUT2D eigenvalue weighted by Crippen LogP contribution is 2.31. The number of hydrogen-bond donors (Lipinski definition) is 1. The Morgan fingerprint density at radius 1 is 1.60 bits per heavy atom. The summed E-state index contributed by atoms with van der Waals surface area (Å²) < 4.78 is 18.1. The predicted octanol–water partition coefficient (Wildman–Crippen LogP) is 1.34. The highest BCUT2D eigenvalue weighted by molar-refractivity contribution is 5.92. The lowest BCUT2D eigenvalue weighted by Gasteiger charge is -2.25. The number of nitro benzene ring substituents is 1. The first-order chi connectivity index (χ1) is 9.33. The number of methoxy groups -OCH3 is 1. The maximum absolute atomic E-state index is 13.7. The highest BCUT2D eigenvalue weighted by Gasteiger charge is 2.26. The number of likely N-dealkylation sites (N-methyl/N-ethyl adjacent to an activating group) is 1. The van der Waals surface area contributed by atoms with Crippen LogP contribution in [0.2, 0.25) is 0 Å². The number of esters is 1. The smallest absolute Gasteiger partial charge is 0.340 e. The molecule has 1 unspecified atom stereocenters. The molecule has 1 N–H and O–H groups in total. The van der Waals surface area contributed by atoms with E-state index in [4.69, 9.17) is 5.11 Å². The minimum atomic E-state index is -1.03. The van der Waals surface area contributed by atoms with E-state index in [1.54, 1.807) is 6.92 Å². The Labute approximate surface area is 114 Å². The molecule has 110 valence electrons. The molecule has 0 bridgehead atoms. The first-order valence-corrected chi connectivity index (χ1v) is 5.73. The molecule has 1 rings (SSSR count). The fourth-order valence-corrected chi connectivity index (χ4v) is 1.61. The Hall–Kier alpha value is -2.22. The summed E-state index contributed by atoms with van der Waals surface area (Å²) in [6, 6.07) is 1.28. The Kier molecular flexibility index (Phi) is 4.98. The minimum absolute atomic E-state index is 0.0263. The average Bonchev–Trinajstić information content (AvgIpc) is 2.44. The van der Waals surface area contributed by atoms with Crippen LogP contribution < -0.4 is 4.90 Å². The van der Waals surface area contributed by atoms with Crippen LogP contribution in [-0.4, -0.2) is 42.8 Å². The quantitative estimate of drug-likeness (QED) is 0.499. The van der Waals surface area contributed by atoms with Crippen LogP contribution in [0.1, 0.15) is 17.3 Å². The lowest BCUT2D eigenvalue weighted by Crippen LogP contribution is -2.32. The van der Waals surface area contributed by atoms with E-state index in [0.29, 0.717) is 6.07 Å². The summed E-state index contributed by atoms with van der Waals surface area (Å²) in [4.78, 5) is 23.0. The second-order valence-corrected chi connectivity index (χ2v) is 4.21. The molecule has 1 aromatic carbocycles. The van der Waals surface area contributed by atoms with Gasteiger partial charge in [-0.1, -0.05) is 0 Å². The van der Waals surface area contributed by atoms with Crippen LogP contribution in [0.3, 0.4) is 0 Å². The van der Waals surface area contributed by atoms with Gasteiger partial charge in [0.05, 0.1) is 30.3 Å². The molecular weight excluding hydrogens is 271 g/mol. The number of nitro groups is 1. The molecule has 0 aliphatic carbocycles. The molecule has 0 saturated carbocycles. The van der Waals surface area contributed by atoms with Gasteiger partial charge in [-0.25, -0.2) is 9.18 Å². The van der Waals surface area contributed by atoms with E-state index in [1.165, 1.54) is 11.9 Å². The summed E-state index contributed by atoms with van der Waals surface area (Å²) in [5, 5.41) is 20.1. The van der Waals surface area contributed by atoms with Crippen LogP contribution >= 0.6 is 0 Å². The number of benzene rings is 1. The number of anilines is 1. The molecule has 1 atom stereocenters. The number of nitrogens with zero attached hydrogens (tertiary/aromatic N) is 2. The van der Waals surface area contributed by atoms with Crippen molar-refractivity contribution < 1.29 is 24.0 Å². The topological polar surface area (TPSA) is 92.9 Å². The van der Waals surface area contributed by atoms with E-state index in [9.17, 15) is 19.3 Å². The molecule has 0 aliphatic heterocycles. The first kappa shape index (κ1) is 15.8. The first-order valence-electron chi connectivity index (χ1n) is 5.73. The van der Waals surface area contributed by atoms with Crippen LogP contribution in [0.4, 0.5) is 15.8 Å². The van der Waals surface area contributed by atoms with Crippen molar-refractivity contribution in [1.29, 1.82) is 0 Å². The van der Waals surface area contributed by atoms with Crippen molar-refractivity contribution in [3.8, 4) is 0 Å². The zero-order valence-corrected chi connectivity index (χ0v) is 11.3. The van der Waals surface area contributed by atoms with Crippen LogP contribution in [0.25, 0.3) is 0 Å². The molecule has 0 heterocycles. The zero-order valence-electron chi connectivity index (χ0n) is 11.3. The third-order valence-corrected chi connectivity index (χ3v) is 2.97. The van der Waals surface area contributed by atoms with Crippen molar-refractivity contribution in [1.82, 2.24) is 0 Å². The lowest BCUT2D eigenvalue weighted by atomic mass is 10.1. The Bertz CT molecular complexity index is 535. The number of carbonyl (C=O) groups is 1. The number of ether oxygens (including phenoxy) is 1. The molecule has 0 aromatic heterocycles. The Balaban J connectivity index is 3.45. The van der Waals surface area contributed by atoms with Crippen molar-refractivity contribution in [2.24, 2.45) is 0 Å². The summed E-state index contributed by atoms with van der Waals surface area (Å²) >= 11 is 0. The largest absolute Gasteiger partial charge is 0.465 e. The van der Waals surface area contributed by atoms with Crippen LogP contribution in [0, 0.1) is 15.9 Å². The number of hydrogen-bond acceptors (Lipinski definition) is 6. The third-order valence-electron chi connectivity index (χ3n) is 2.97. The summed E-state index contributed by atoms with van der Waals surface area (Å²) in [6.07, 6.45) is 0. The monoisotopic (exact) mass is 286 g/mol. The van der Waals surface area contributed by atoms with E-state index in [-0.39, 0.29) is 12.3 Å². The van der Waals surface area contributed by atoms with E-state index >= 15 is 0 Å². The summed E-state index contributed by atoms with van der Waals surface area (Å²) in [5.74, 6) is -1.96. The van der Waals surface area contributed by atoms with Gasteiger partial charge >= 0.3 is 5.97 Å². The molecule has 0 fully saturated rings. The number of carbonyl (C=O) groups excluding carboxylic acids is 1. The minimum Gasteiger partial charge on any atom is -0.465 e. The van der Waals surface area contributed by atoms with Crippen LogP contribution in [0.5, 0.6) is 0 Å². The summed E-state index contributed by atoms with van der Waals surface area (Å²) in [7, 11) is 2.59. The zero-order chi connectivity index (χ0) is 15.4. The molecule has 20 heavy (non-hydrogen) atoms. The predicted molar refractivity (Wildman–Crippen MR) is 69.3 cm³/mol. The number of aliphatic hydroxyl groups excluding tert-OH is 1. The Morgan fingerprint density at radius 2 is 2.20 bits per heavy atom. The van der Waals surface area contributed by atoms with E-state index in [1.807, 2.05) is 0 Å². The van der Waals surface area contributed by atoms with Gasteiger partial charge in [-0.2, -0.15) is 0 Å². The van der Waals surface area contributed by atoms with Gasteiger partial charge in [-0.05, 0) is 13.0 Å². The molecule has 7 nitrogen and oxygen atoms in total. The highest BCUT2D eigenvalue weighted by atomic mass is 19.1. The van der Waals surface area contributed by atoms with Gasteiger partial charge < -0.3 is 14.7 Å². The molecule has 0 saturated heterocycles. The molecule has 8 heteroatoms. The molecule has 0 aliphatic rings. The van der Waals surface area contributed by atoms with Gasteiger partial charge in [0.25, 0.3) is 5.69 Å².